The third-order valence-corrected chi connectivity index (χ3v) is 6.62. The van der Waals surface area contributed by atoms with Crippen LogP contribution >= 0.6 is 22.7 Å². The molecule has 0 bridgehead atoms. The Morgan fingerprint density at radius 2 is 2.00 bits per heavy atom. The van der Waals surface area contributed by atoms with Crippen LogP contribution in [0.2, 0.25) is 0 Å². The summed E-state index contributed by atoms with van der Waals surface area (Å²) in [7, 11) is 0. The normalized spacial score (nSPS) is 15.3. The van der Waals surface area contributed by atoms with E-state index in [1.165, 1.54) is 22.5 Å². The summed E-state index contributed by atoms with van der Waals surface area (Å²) in [6.07, 6.45) is 1.72. The zero-order valence-corrected chi connectivity index (χ0v) is 16.4. The van der Waals surface area contributed by atoms with Crippen molar-refractivity contribution in [2.45, 2.75) is 13.5 Å². The molecule has 3 heterocycles. The third kappa shape index (κ3) is 3.87. The van der Waals surface area contributed by atoms with Crippen LogP contribution in [-0.4, -0.2) is 46.9 Å². The van der Waals surface area contributed by atoms with Gasteiger partial charge in [0.1, 0.15) is 9.88 Å². The molecular weight excluding hydrogens is 362 g/mol. The van der Waals surface area contributed by atoms with Crippen LogP contribution in [-0.2, 0) is 6.54 Å². The first-order valence-corrected chi connectivity index (χ1v) is 10.5. The summed E-state index contributed by atoms with van der Waals surface area (Å²) in [5.41, 5.74) is 2.64. The lowest BCUT2D eigenvalue weighted by atomic mass is 10.1. The number of thiophene rings is 1. The van der Waals surface area contributed by atoms with Gasteiger partial charge in [0.05, 0.1) is 11.1 Å². The van der Waals surface area contributed by atoms with E-state index in [0.29, 0.717) is 0 Å². The lowest BCUT2D eigenvalue weighted by Gasteiger charge is -2.34. The minimum absolute atomic E-state index is 0.112. The predicted molar refractivity (Wildman–Crippen MR) is 108 cm³/mol. The molecule has 1 saturated heterocycles. The quantitative estimate of drug-likeness (QED) is 0.679. The molecule has 0 aliphatic carbocycles. The maximum atomic E-state index is 12.8. The molecule has 4 rings (SSSR count). The summed E-state index contributed by atoms with van der Waals surface area (Å²) >= 11 is 3.15. The Bertz CT molecular complexity index is 880. The van der Waals surface area contributed by atoms with Crippen molar-refractivity contribution < 1.29 is 4.79 Å². The van der Waals surface area contributed by atoms with Gasteiger partial charge >= 0.3 is 0 Å². The number of carbonyl (C=O) groups is 1. The number of piperazine rings is 1. The fraction of sp³-hybridized carbons (Fsp3) is 0.300. The second-order valence-electron chi connectivity index (χ2n) is 6.56. The van der Waals surface area contributed by atoms with Crippen molar-refractivity contribution in [3.8, 4) is 9.88 Å². The lowest BCUT2D eigenvalue weighted by molar-refractivity contribution is 0.0633. The molecule has 0 unspecified atom stereocenters. The summed E-state index contributed by atoms with van der Waals surface area (Å²) < 4.78 is 0. The first kappa shape index (κ1) is 17.4. The van der Waals surface area contributed by atoms with Gasteiger partial charge in [-0.1, -0.05) is 35.9 Å². The van der Waals surface area contributed by atoms with Crippen LogP contribution in [0, 0.1) is 6.92 Å². The molecule has 2 aromatic heterocycles. The van der Waals surface area contributed by atoms with Crippen molar-refractivity contribution >= 4 is 28.6 Å². The van der Waals surface area contributed by atoms with E-state index in [-0.39, 0.29) is 5.91 Å². The molecule has 26 heavy (non-hydrogen) atoms. The van der Waals surface area contributed by atoms with Crippen LogP contribution < -0.4 is 0 Å². The number of carbonyl (C=O) groups excluding carboxylic acids is 1. The number of amides is 1. The minimum Gasteiger partial charge on any atom is -0.335 e. The zero-order chi connectivity index (χ0) is 17.9. The molecule has 0 N–H and O–H groups in total. The molecule has 6 heteroatoms. The number of thiazole rings is 1. The van der Waals surface area contributed by atoms with E-state index in [9.17, 15) is 4.79 Å². The Balaban J connectivity index is 1.35. The molecule has 3 aromatic rings. The topological polar surface area (TPSA) is 36.4 Å². The van der Waals surface area contributed by atoms with Gasteiger partial charge in [-0.3, -0.25) is 9.69 Å². The van der Waals surface area contributed by atoms with Gasteiger partial charge in [0, 0.05) is 32.7 Å². The second kappa shape index (κ2) is 7.70. The van der Waals surface area contributed by atoms with Gasteiger partial charge in [-0.25, -0.2) is 4.98 Å². The minimum atomic E-state index is 0.112. The highest BCUT2D eigenvalue weighted by Gasteiger charge is 2.24. The van der Waals surface area contributed by atoms with Gasteiger partial charge in [0.15, 0.2) is 0 Å². The first-order valence-electron chi connectivity index (χ1n) is 8.76. The van der Waals surface area contributed by atoms with Gasteiger partial charge < -0.3 is 4.90 Å². The average molecular weight is 384 g/mol. The summed E-state index contributed by atoms with van der Waals surface area (Å²) in [5.74, 6) is 0.112. The number of rotatable bonds is 4. The molecule has 1 fully saturated rings. The monoisotopic (exact) mass is 383 g/mol. The summed E-state index contributed by atoms with van der Waals surface area (Å²) in [6, 6.07) is 12.7. The van der Waals surface area contributed by atoms with E-state index in [0.717, 1.165) is 47.5 Å². The fourth-order valence-corrected chi connectivity index (χ4v) is 4.91. The van der Waals surface area contributed by atoms with E-state index in [2.05, 4.69) is 41.1 Å². The maximum absolute atomic E-state index is 12.8. The average Bonchev–Trinajstić information content (AvgIpc) is 3.33. The molecule has 1 aromatic carbocycles. The van der Waals surface area contributed by atoms with E-state index < -0.39 is 0 Å². The Kier molecular flexibility index (Phi) is 5.15. The van der Waals surface area contributed by atoms with Gasteiger partial charge in [-0.2, -0.15) is 0 Å². The first-order chi connectivity index (χ1) is 12.7. The van der Waals surface area contributed by atoms with E-state index in [1.54, 1.807) is 17.5 Å². The van der Waals surface area contributed by atoms with Crippen molar-refractivity contribution in [2.75, 3.05) is 26.2 Å². The van der Waals surface area contributed by atoms with Gasteiger partial charge in [0.2, 0.25) is 0 Å². The number of nitrogens with zero attached hydrogens (tertiary/aromatic N) is 3. The van der Waals surface area contributed by atoms with Crippen LogP contribution in [0.25, 0.3) is 9.88 Å². The second-order valence-corrected chi connectivity index (χ2v) is 8.54. The molecule has 0 spiro atoms. The number of hydrogen-bond donors (Lipinski definition) is 0. The predicted octanol–water partition coefficient (Wildman–Crippen LogP) is 4.14. The van der Waals surface area contributed by atoms with Gasteiger partial charge in [-0.15, -0.1) is 22.7 Å². The van der Waals surface area contributed by atoms with Crippen molar-refractivity contribution in [3.05, 3.63) is 64.0 Å². The van der Waals surface area contributed by atoms with Crippen LogP contribution in [0.4, 0.5) is 0 Å². The smallest absolute Gasteiger partial charge is 0.265 e. The largest absolute Gasteiger partial charge is 0.335 e. The standard InChI is InChI=1S/C20H21N3OS2/c1-15-4-2-5-16(12-15)14-22-7-9-23(10-8-22)20(24)18-13-21-19(26-18)17-6-3-11-25-17/h2-6,11-13H,7-10,14H2,1H3. The number of hydrogen-bond acceptors (Lipinski definition) is 5. The van der Waals surface area contributed by atoms with Crippen molar-refractivity contribution in [1.29, 1.82) is 0 Å². The van der Waals surface area contributed by atoms with Gasteiger partial charge in [0.25, 0.3) is 5.91 Å². The number of aryl methyl sites for hydroxylation is 1. The molecule has 1 amide bonds. The lowest BCUT2D eigenvalue weighted by Crippen LogP contribution is -2.48. The van der Waals surface area contributed by atoms with E-state index in [1.807, 2.05) is 22.4 Å². The molecule has 1 aliphatic rings. The molecule has 1 aliphatic heterocycles. The Morgan fingerprint density at radius 3 is 2.73 bits per heavy atom. The fourth-order valence-electron chi connectivity index (χ4n) is 3.22. The van der Waals surface area contributed by atoms with Gasteiger partial charge in [-0.05, 0) is 23.9 Å². The number of benzene rings is 1. The summed E-state index contributed by atoms with van der Waals surface area (Å²) in [4.78, 5) is 23.4. The molecule has 134 valence electrons. The molecule has 0 atom stereocenters. The van der Waals surface area contributed by atoms with Crippen LogP contribution in [0.1, 0.15) is 20.8 Å². The van der Waals surface area contributed by atoms with Crippen LogP contribution in [0.3, 0.4) is 0 Å². The Hall–Kier alpha value is -2.02. The van der Waals surface area contributed by atoms with Crippen molar-refractivity contribution in [3.63, 3.8) is 0 Å². The summed E-state index contributed by atoms with van der Waals surface area (Å²) in [6.45, 7) is 6.45. The third-order valence-electron chi connectivity index (χ3n) is 4.60. The zero-order valence-electron chi connectivity index (χ0n) is 14.7. The highest BCUT2D eigenvalue weighted by molar-refractivity contribution is 7.21. The van der Waals surface area contributed by atoms with E-state index >= 15 is 0 Å². The van der Waals surface area contributed by atoms with Crippen LogP contribution in [0.15, 0.2) is 48.0 Å². The number of aromatic nitrogens is 1. The Labute approximate surface area is 161 Å². The summed E-state index contributed by atoms with van der Waals surface area (Å²) in [5, 5.41) is 2.97. The SMILES string of the molecule is Cc1cccc(CN2CCN(C(=O)c3cnc(-c4cccs4)s3)CC2)c1. The van der Waals surface area contributed by atoms with Crippen molar-refractivity contribution in [2.24, 2.45) is 0 Å². The van der Waals surface area contributed by atoms with Crippen molar-refractivity contribution in [1.82, 2.24) is 14.8 Å². The van der Waals surface area contributed by atoms with Crippen LogP contribution in [0.5, 0.6) is 0 Å². The Morgan fingerprint density at radius 1 is 1.15 bits per heavy atom. The molecule has 4 nitrogen and oxygen atoms in total. The molecular formula is C20H21N3OS2. The molecule has 0 radical (unpaired) electrons. The molecule has 0 saturated carbocycles. The highest BCUT2D eigenvalue weighted by atomic mass is 32.1. The maximum Gasteiger partial charge on any atom is 0.265 e. The highest BCUT2D eigenvalue weighted by Crippen LogP contribution is 2.29. The van der Waals surface area contributed by atoms with E-state index in [4.69, 9.17) is 0 Å².